The summed E-state index contributed by atoms with van der Waals surface area (Å²) in [6, 6.07) is 13.0. The molecule has 0 aliphatic heterocycles. The lowest BCUT2D eigenvalue weighted by Gasteiger charge is -2.04. The third-order valence-electron chi connectivity index (χ3n) is 2.34. The van der Waals surface area contributed by atoms with Crippen LogP contribution in [0.15, 0.2) is 36.4 Å². The molecule has 2 rings (SSSR count). The van der Waals surface area contributed by atoms with E-state index in [1.165, 1.54) is 19.9 Å². The third-order valence-corrected chi connectivity index (χ3v) is 3.28. The topological polar surface area (TPSA) is 0 Å². The van der Waals surface area contributed by atoms with Crippen LogP contribution in [0.5, 0.6) is 0 Å². The molecule has 0 saturated carbocycles. The molecular formula is C12H11I. The summed E-state index contributed by atoms with van der Waals surface area (Å²) in [4.78, 5) is 0. The molecule has 0 nitrogen and oxygen atoms in total. The minimum absolute atomic E-state index is 1.11. The van der Waals surface area contributed by atoms with Crippen LogP contribution in [0.3, 0.4) is 0 Å². The summed E-state index contributed by atoms with van der Waals surface area (Å²) in [7, 11) is 0. The van der Waals surface area contributed by atoms with Crippen molar-refractivity contribution in [1.29, 1.82) is 0 Å². The van der Waals surface area contributed by atoms with E-state index in [0.717, 1.165) is 6.42 Å². The standard InChI is InChI=1S/C12H11I/c1-2-9-5-3-7-11-10(9)6-4-8-12(11)13/h3-8H,2H2,1H3. The summed E-state index contributed by atoms with van der Waals surface area (Å²) in [6.45, 7) is 2.20. The molecule has 0 aliphatic rings. The summed E-state index contributed by atoms with van der Waals surface area (Å²) < 4.78 is 1.34. The van der Waals surface area contributed by atoms with Gasteiger partial charge < -0.3 is 0 Å². The Kier molecular flexibility index (Phi) is 2.54. The van der Waals surface area contributed by atoms with Gasteiger partial charge in [0.2, 0.25) is 0 Å². The average molecular weight is 282 g/mol. The van der Waals surface area contributed by atoms with Gasteiger partial charge in [-0.25, -0.2) is 0 Å². The molecule has 0 N–H and O–H groups in total. The quantitative estimate of drug-likeness (QED) is 0.693. The first-order chi connectivity index (χ1) is 6.33. The van der Waals surface area contributed by atoms with E-state index < -0.39 is 0 Å². The molecule has 66 valence electrons. The lowest BCUT2D eigenvalue weighted by Crippen LogP contribution is -1.84. The second-order valence-electron chi connectivity index (χ2n) is 3.11. The highest BCUT2D eigenvalue weighted by molar-refractivity contribution is 14.1. The molecule has 1 heteroatoms. The van der Waals surface area contributed by atoms with Crippen molar-refractivity contribution < 1.29 is 0 Å². The van der Waals surface area contributed by atoms with Gasteiger partial charge in [0.1, 0.15) is 0 Å². The summed E-state index contributed by atoms with van der Waals surface area (Å²) >= 11 is 2.39. The van der Waals surface area contributed by atoms with Crippen LogP contribution in [-0.2, 0) is 6.42 Å². The van der Waals surface area contributed by atoms with Gasteiger partial charge in [0.05, 0.1) is 0 Å². The Bertz CT molecular complexity index is 432. The van der Waals surface area contributed by atoms with Gasteiger partial charge in [0.15, 0.2) is 0 Å². The second-order valence-corrected chi connectivity index (χ2v) is 4.27. The van der Waals surface area contributed by atoms with Crippen LogP contribution in [0.1, 0.15) is 12.5 Å². The van der Waals surface area contributed by atoms with Crippen molar-refractivity contribution in [2.75, 3.05) is 0 Å². The van der Waals surface area contributed by atoms with E-state index in [2.05, 4.69) is 65.9 Å². The first kappa shape index (κ1) is 9.00. The molecular weight excluding hydrogens is 271 g/mol. The Balaban J connectivity index is 2.84. The normalized spacial score (nSPS) is 10.6. The van der Waals surface area contributed by atoms with E-state index in [-0.39, 0.29) is 0 Å². The third kappa shape index (κ3) is 1.57. The van der Waals surface area contributed by atoms with Crippen molar-refractivity contribution in [2.24, 2.45) is 0 Å². The van der Waals surface area contributed by atoms with E-state index in [4.69, 9.17) is 0 Å². The van der Waals surface area contributed by atoms with E-state index in [1.54, 1.807) is 0 Å². The van der Waals surface area contributed by atoms with Gasteiger partial charge in [-0.15, -0.1) is 0 Å². The maximum absolute atomic E-state index is 2.39. The number of hydrogen-bond donors (Lipinski definition) is 0. The Morgan fingerprint density at radius 2 is 1.69 bits per heavy atom. The molecule has 0 spiro atoms. The van der Waals surface area contributed by atoms with Crippen LogP contribution in [0.2, 0.25) is 0 Å². The minimum Gasteiger partial charge on any atom is -0.0613 e. The predicted molar refractivity (Wildman–Crippen MR) is 66.0 cm³/mol. The maximum atomic E-state index is 2.39. The first-order valence-corrected chi connectivity index (χ1v) is 5.57. The molecule has 0 fully saturated rings. The van der Waals surface area contributed by atoms with Crippen molar-refractivity contribution in [3.8, 4) is 0 Å². The molecule has 0 aliphatic carbocycles. The highest BCUT2D eigenvalue weighted by atomic mass is 127. The van der Waals surface area contributed by atoms with Crippen LogP contribution >= 0.6 is 22.6 Å². The molecule has 2 aromatic rings. The van der Waals surface area contributed by atoms with Crippen LogP contribution < -0.4 is 0 Å². The van der Waals surface area contributed by atoms with E-state index in [0.29, 0.717) is 0 Å². The largest absolute Gasteiger partial charge is 0.0613 e. The van der Waals surface area contributed by atoms with Gasteiger partial charge >= 0.3 is 0 Å². The summed E-state index contributed by atoms with van der Waals surface area (Å²) in [6.07, 6.45) is 1.11. The molecule has 0 bridgehead atoms. The van der Waals surface area contributed by atoms with Crippen LogP contribution in [-0.4, -0.2) is 0 Å². The zero-order valence-electron chi connectivity index (χ0n) is 7.55. The maximum Gasteiger partial charge on any atom is 0.0208 e. The highest BCUT2D eigenvalue weighted by Crippen LogP contribution is 2.23. The first-order valence-electron chi connectivity index (χ1n) is 4.49. The van der Waals surface area contributed by atoms with E-state index in [9.17, 15) is 0 Å². The fraction of sp³-hybridized carbons (Fsp3) is 0.167. The SMILES string of the molecule is CCc1cccc2c(I)cccc12. The molecule has 0 unspecified atom stereocenters. The van der Waals surface area contributed by atoms with Crippen LogP contribution in [0.4, 0.5) is 0 Å². The number of rotatable bonds is 1. The van der Waals surface area contributed by atoms with Crippen molar-refractivity contribution in [1.82, 2.24) is 0 Å². The number of fused-ring (bicyclic) bond motifs is 1. The van der Waals surface area contributed by atoms with Crippen molar-refractivity contribution in [2.45, 2.75) is 13.3 Å². The van der Waals surface area contributed by atoms with Crippen molar-refractivity contribution in [3.05, 3.63) is 45.5 Å². The molecule has 0 radical (unpaired) electrons. The average Bonchev–Trinajstić information content (AvgIpc) is 2.18. The zero-order valence-corrected chi connectivity index (χ0v) is 9.71. The second kappa shape index (κ2) is 3.66. The monoisotopic (exact) mass is 282 g/mol. The number of hydrogen-bond acceptors (Lipinski definition) is 0. The summed E-state index contributed by atoms with van der Waals surface area (Å²) in [5, 5.41) is 2.78. The van der Waals surface area contributed by atoms with Gasteiger partial charge in [-0.1, -0.05) is 37.3 Å². The van der Waals surface area contributed by atoms with Gasteiger partial charge in [-0.2, -0.15) is 0 Å². The molecule has 0 saturated heterocycles. The highest BCUT2D eigenvalue weighted by Gasteiger charge is 2.00. The summed E-state index contributed by atoms with van der Waals surface area (Å²) in [5.41, 5.74) is 1.44. The van der Waals surface area contributed by atoms with Crippen LogP contribution in [0, 0.1) is 3.57 Å². The summed E-state index contributed by atoms with van der Waals surface area (Å²) in [5.74, 6) is 0. The van der Waals surface area contributed by atoms with Crippen molar-refractivity contribution in [3.63, 3.8) is 0 Å². The number of halogens is 1. The van der Waals surface area contributed by atoms with Gasteiger partial charge in [-0.05, 0) is 51.4 Å². The fourth-order valence-corrected chi connectivity index (χ4v) is 2.32. The number of aryl methyl sites for hydroxylation is 1. The Hall–Kier alpha value is -0.570. The Morgan fingerprint density at radius 1 is 1.00 bits per heavy atom. The fourth-order valence-electron chi connectivity index (χ4n) is 1.65. The van der Waals surface area contributed by atoms with Gasteiger partial charge in [0, 0.05) is 3.57 Å². The molecule has 0 aromatic heterocycles. The minimum atomic E-state index is 1.11. The number of benzene rings is 2. The van der Waals surface area contributed by atoms with E-state index >= 15 is 0 Å². The van der Waals surface area contributed by atoms with Crippen LogP contribution in [0.25, 0.3) is 10.8 Å². The van der Waals surface area contributed by atoms with E-state index in [1.807, 2.05) is 0 Å². The lowest BCUT2D eigenvalue weighted by molar-refractivity contribution is 1.16. The lowest BCUT2D eigenvalue weighted by atomic mass is 10.0. The molecule has 0 amide bonds. The van der Waals surface area contributed by atoms with Gasteiger partial charge in [0.25, 0.3) is 0 Å². The Labute approximate surface area is 92.1 Å². The smallest absolute Gasteiger partial charge is 0.0208 e. The van der Waals surface area contributed by atoms with Crippen molar-refractivity contribution >= 4 is 33.4 Å². The zero-order chi connectivity index (χ0) is 9.26. The molecule has 2 aromatic carbocycles. The van der Waals surface area contributed by atoms with Gasteiger partial charge in [-0.3, -0.25) is 0 Å². The Morgan fingerprint density at radius 3 is 2.46 bits per heavy atom. The predicted octanol–water partition coefficient (Wildman–Crippen LogP) is 4.01. The molecule has 0 heterocycles. The molecule has 0 atom stereocenters. The molecule has 13 heavy (non-hydrogen) atoms.